The van der Waals surface area contributed by atoms with Gasteiger partial charge in [-0.2, -0.15) is 0 Å². The molecule has 1 aromatic rings. The van der Waals surface area contributed by atoms with Gasteiger partial charge in [0.2, 0.25) is 0 Å². The quantitative estimate of drug-likeness (QED) is 0.748. The highest BCUT2D eigenvalue weighted by Gasteiger charge is 2.21. The fraction of sp³-hybridized carbons (Fsp3) is 0.786. The Labute approximate surface area is 110 Å². The third kappa shape index (κ3) is 3.56. The normalized spacial score (nSPS) is 20.7. The molecule has 1 aliphatic rings. The van der Waals surface area contributed by atoms with Gasteiger partial charge in [0.05, 0.1) is 12.0 Å². The fourth-order valence-corrected chi connectivity index (χ4v) is 2.68. The van der Waals surface area contributed by atoms with E-state index in [4.69, 9.17) is 0 Å². The SMILES string of the molecule is CCCNCc1cncn1CC1CCN(CC)C1. The van der Waals surface area contributed by atoms with Gasteiger partial charge in [-0.3, -0.25) is 0 Å². The summed E-state index contributed by atoms with van der Waals surface area (Å²) in [7, 11) is 0. The summed E-state index contributed by atoms with van der Waals surface area (Å²) in [6.07, 6.45) is 6.49. The Kier molecular flexibility index (Phi) is 5.20. The van der Waals surface area contributed by atoms with Crippen LogP contribution in [0.15, 0.2) is 12.5 Å². The van der Waals surface area contributed by atoms with E-state index in [1.807, 2.05) is 12.5 Å². The third-order valence-electron chi connectivity index (χ3n) is 3.80. The third-order valence-corrected chi connectivity index (χ3v) is 3.80. The molecule has 1 aromatic heterocycles. The first-order chi connectivity index (χ1) is 8.83. The molecule has 1 fully saturated rings. The average molecular weight is 250 g/mol. The van der Waals surface area contributed by atoms with Crippen LogP contribution in [-0.4, -0.2) is 40.6 Å². The monoisotopic (exact) mass is 250 g/mol. The lowest BCUT2D eigenvalue weighted by molar-refractivity contribution is 0.331. The minimum Gasteiger partial charge on any atom is -0.333 e. The molecular formula is C14H26N4. The van der Waals surface area contributed by atoms with E-state index in [-0.39, 0.29) is 0 Å². The maximum Gasteiger partial charge on any atom is 0.0948 e. The Bertz CT molecular complexity index is 347. The van der Waals surface area contributed by atoms with Gasteiger partial charge in [-0.1, -0.05) is 13.8 Å². The zero-order chi connectivity index (χ0) is 12.8. The van der Waals surface area contributed by atoms with Gasteiger partial charge in [-0.25, -0.2) is 4.98 Å². The first-order valence-corrected chi connectivity index (χ1v) is 7.25. The maximum atomic E-state index is 4.29. The van der Waals surface area contributed by atoms with E-state index in [0.29, 0.717) is 0 Å². The number of aromatic nitrogens is 2. The number of likely N-dealkylation sites (tertiary alicyclic amines) is 1. The summed E-state index contributed by atoms with van der Waals surface area (Å²) in [5, 5.41) is 3.45. The van der Waals surface area contributed by atoms with E-state index in [1.54, 1.807) is 0 Å². The molecule has 1 saturated heterocycles. The van der Waals surface area contributed by atoms with Crippen LogP contribution in [0.3, 0.4) is 0 Å². The van der Waals surface area contributed by atoms with Crippen LogP contribution in [0.1, 0.15) is 32.4 Å². The molecule has 2 rings (SSSR count). The first-order valence-electron chi connectivity index (χ1n) is 7.25. The number of nitrogens with one attached hydrogen (secondary N) is 1. The molecule has 4 heteroatoms. The van der Waals surface area contributed by atoms with Gasteiger partial charge >= 0.3 is 0 Å². The van der Waals surface area contributed by atoms with E-state index in [9.17, 15) is 0 Å². The first kappa shape index (κ1) is 13.6. The smallest absolute Gasteiger partial charge is 0.0948 e. The summed E-state index contributed by atoms with van der Waals surface area (Å²) in [6, 6.07) is 0. The average Bonchev–Trinajstić information content (AvgIpc) is 3.00. The summed E-state index contributed by atoms with van der Waals surface area (Å²) in [5.41, 5.74) is 1.32. The molecule has 18 heavy (non-hydrogen) atoms. The second kappa shape index (κ2) is 6.90. The summed E-state index contributed by atoms with van der Waals surface area (Å²) < 4.78 is 2.33. The van der Waals surface area contributed by atoms with E-state index >= 15 is 0 Å². The van der Waals surface area contributed by atoms with Gasteiger partial charge in [0.1, 0.15) is 0 Å². The van der Waals surface area contributed by atoms with E-state index in [0.717, 1.165) is 25.6 Å². The van der Waals surface area contributed by atoms with Crippen molar-refractivity contribution in [3.63, 3.8) is 0 Å². The van der Waals surface area contributed by atoms with Gasteiger partial charge in [-0.05, 0) is 38.4 Å². The number of imidazole rings is 1. The van der Waals surface area contributed by atoms with Gasteiger partial charge < -0.3 is 14.8 Å². The Hall–Kier alpha value is -0.870. The van der Waals surface area contributed by atoms with Crippen molar-refractivity contribution in [2.75, 3.05) is 26.2 Å². The summed E-state index contributed by atoms with van der Waals surface area (Å²) in [6.45, 7) is 11.3. The summed E-state index contributed by atoms with van der Waals surface area (Å²) in [4.78, 5) is 6.83. The van der Waals surface area contributed by atoms with Crippen LogP contribution in [-0.2, 0) is 13.1 Å². The lowest BCUT2D eigenvalue weighted by Crippen LogP contribution is -2.22. The molecule has 0 aromatic carbocycles. The molecule has 0 aliphatic carbocycles. The Morgan fingerprint density at radius 2 is 2.33 bits per heavy atom. The van der Waals surface area contributed by atoms with Crippen LogP contribution in [0, 0.1) is 5.92 Å². The number of rotatable bonds is 7. The van der Waals surface area contributed by atoms with Crippen molar-refractivity contribution < 1.29 is 0 Å². The molecule has 0 amide bonds. The van der Waals surface area contributed by atoms with E-state index < -0.39 is 0 Å². The highest BCUT2D eigenvalue weighted by molar-refractivity contribution is 4.98. The predicted molar refractivity (Wildman–Crippen MR) is 74.4 cm³/mol. The zero-order valence-electron chi connectivity index (χ0n) is 11.7. The lowest BCUT2D eigenvalue weighted by Gasteiger charge is -2.15. The van der Waals surface area contributed by atoms with Crippen LogP contribution < -0.4 is 5.32 Å². The molecule has 2 heterocycles. The minimum absolute atomic E-state index is 0.795. The molecule has 0 bridgehead atoms. The van der Waals surface area contributed by atoms with Crippen LogP contribution in [0.25, 0.3) is 0 Å². The van der Waals surface area contributed by atoms with Crippen molar-refractivity contribution in [1.29, 1.82) is 0 Å². The Morgan fingerprint density at radius 1 is 1.44 bits per heavy atom. The van der Waals surface area contributed by atoms with Crippen molar-refractivity contribution >= 4 is 0 Å². The predicted octanol–water partition coefficient (Wildman–Crippen LogP) is 1.72. The van der Waals surface area contributed by atoms with Crippen molar-refractivity contribution in [2.45, 2.75) is 39.8 Å². The lowest BCUT2D eigenvalue weighted by atomic mass is 10.1. The summed E-state index contributed by atoms with van der Waals surface area (Å²) >= 11 is 0. The van der Waals surface area contributed by atoms with Crippen LogP contribution in [0.4, 0.5) is 0 Å². The number of hydrogen-bond acceptors (Lipinski definition) is 3. The molecular weight excluding hydrogens is 224 g/mol. The van der Waals surface area contributed by atoms with Crippen molar-refractivity contribution in [3.05, 3.63) is 18.2 Å². The highest BCUT2D eigenvalue weighted by atomic mass is 15.2. The van der Waals surface area contributed by atoms with Gasteiger partial charge in [-0.15, -0.1) is 0 Å². The number of nitrogens with zero attached hydrogens (tertiary/aromatic N) is 3. The van der Waals surface area contributed by atoms with Crippen LogP contribution >= 0.6 is 0 Å². The van der Waals surface area contributed by atoms with E-state index in [2.05, 4.69) is 33.6 Å². The van der Waals surface area contributed by atoms with Gasteiger partial charge in [0.15, 0.2) is 0 Å². The number of hydrogen-bond donors (Lipinski definition) is 1. The molecule has 0 radical (unpaired) electrons. The Morgan fingerprint density at radius 3 is 3.06 bits per heavy atom. The molecule has 4 nitrogen and oxygen atoms in total. The van der Waals surface area contributed by atoms with Crippen LogP contribution in [0.5, 0.6) is 0 Å². The molecule has 0 spiro atoms. The second-order valence-electron chi connectivity index (χ2n) is 5.26. The maximum absolute atomic E-state index is 4.29. The zero-order valence-corrected chi connectivity index (χ0v) is 11.7. The van der Waals surface area contributed by atoms with Gasteiger partial charge in [0, 0.05) is 25.8 Å². The van der Waals surface area contributed by atoms with Crippen molar-refractivity contribution in [2.24, 2.45) is 5.92 Å². The molecule has 102 valence electrons. The topological polar surface area (TPSA) is 33.1 Å². The molecule has 1 unspecified atom stereocenters. The summed E-state index contributed by atoms with van der Waals surface area (Å²) in [5.74, 6) is 0.795. The van der Waals surface area contributed by atoms with E-state index in [1.165, 1.54) is 38.2 Å². The Balaban J connectivity index is 1.84. The van der Waals surface area contributed by atoms with Gasteiger partial charge in [0.25, 0.3) is 0 Å². The van der Waals surface area contributed by atoms with Crippen molar-refractivity contribution in [3.8, 4) is 0 Å². The second-order valence-corrected chi connectivity index (χ2v) is 5.26. The standard InChI is InChI=1S/C14H26N4/c1-3-6-15-8-14-9-16-12-18(14)11-13-5-7-17(4-2)10-13/h9,12-13,15H,3-8,10-11H2,1-2H3. The largest absolute Gasteiger partial charge is 0.333 e. The molecule has 1 aliphatic heterocycles. The highest BCUT2D eigenvalue weighted by Crippen LogP contribution is 2.18. The van der Waals surface area contributed by atoms with Crippen molar-refractivity contribution in [1.82, 2.24) is 19.8 Å². The fourth-order valence-electron chi connectivity index (χ4n) is 2.68. The van der Waals surface area contributed by atoms with Crippen LogP contribution in [0.2, 0.25) is 0 Å². The molecule has 1 atom stereocenters. The molecule has 0 saturated carbocycles. The minimum atomic E-state index is 0.795. The molecule has 1 N–H and O–H groups in total.